The zero-order chi connectivity index (χ0) is 6.57. The number of hydrogen-bond acceptors (Lipinski definition) is 3. The van der Waals surface area contributed by atoms with Crippen molar-refractivity contribution in [3.63, 3.8) is 0 Å². The Morgan fingerprint density at radius 3 is 2.25 bits per heavy atom. The second-order valence-electron chi connectivity index (χ2n) is 1.29. The van der Waals surface area contributed by atoms with Gasteiger partial charge in [0.05, 0.1) is 0 Å². The van der Waals surface area contributed by atoms with E-state index in [1.165, 1.54) is 6.92 Å². The van der Waals surface area contributed by atoms with E-state index >= 15 is 0 Å². The van der Waals surface area contributed by atoms with Gasteiger partial charge in [-0.2, -0.15) is 4.89 Å². The van der Waals surface area contributed by atoms with Gasteiger partial charge in [-0.3, -0.25) is 4.89 Å². The highest BCUT2D eigenvalue weighted by atomic mass is 17.2. The van der Waals surface area contributed by atoms with Gasteiger partial charge in [0.25, 0.3) is 0 Å². The second kappa shape index (κ2) is 3.43. The lowest BCUT2D eigenvalue weighted by atomic mass is 10.5. The highest BCUT2D eigenvalue weighted by Crippen LogP contribution is 1.86. The van der Waals surface area contributed by atoms with Gasteiger partial charge in [-0.15, -0.1) is 0 Å². The summed E-state index contributed by atoms with van der Waals surface area (Å²) in [6.07, 6.45) is -0.557. The monoisotopic (exact) mass is 116 g/mol. The Morgan fingerprint density at radius 1 is 1.62 bits per heavy atom. The molecule has 0 fully saturated rings. The third kappa shape index (κ3) is 5.43. The first-order chi connectivity index (χ1) is 3.63. The average Bonchev–Trinajstić information content (AvgIpc) is 1.61. The first-order valence-electron chi connectivity index (χ1n) is 2.13. The van der Waals surface area contributed by atoms with E-state index in [4.69, 9.17) is 0 Å². The fraction of sp³-hybridized carbons (Fsp3) is 0.400. The predicted molar refractivity (Wildman–Crippen MR) is 27.4 cm³/mol. The summed E-state index contributed by atoms with van der Waals surface area (Å²) in [7, 11) is 0. The molecule has 0 unspecified atom stereocenters. The summed E-state index contributed by atoms with van der Waals surface area (Å²) < 4.78 is 0. The molecule has 0 rings (SSSR count). The first kappa shape index (κ1) is 7.43. The van der Waals surface area contributed by atoms with Crippen LogP contribution in [-0.4, -0.2) is 12.1 Å². The molecule has 0 heterocycles. The molecule has 0 aliphatic heterocycles. The van der Waals surface area contributed by atoms with Crippen molar-refractivity contribution in [2.45, 2.75) is 13.0 Å². The van der Waals surface area contributed by atoms with Gasteiger partial charge in [0.1, 0.15) is 6.10 Å². The lowest BCUT2D eigenvalue weighted by Crippen LogP contribution is -2.07. The third-order valence-corrected chi connectivity index (χ3v) is 0.302. The Labute approximate surface area is 48.5 Å². The molecule has 0 aliphatic carbocycles. The van der Waals surface area contributed by atoms with E-state index < -0.39 is 12.1 Å². The molecular formula is C5H8O3. The van der Waals surface area contributed by atoms with Gasteiger partial charge in [0.2, 0.25) is 0 Å². The van der Waals surface area contributed by atoms with Crippen LogP contribution in [0.2, 0.25) is 0 Å². The number of carbonyl (C=O) groups excluding carboxylic acids is 1. The lowest BCUT2D eigenvalue weighted by molar-refractivity contribution is -0.279. The number of hydrogen-bond donors (Lipinski definition) is 0. The molecule has 0 bridgehead atoms. The second-order valence-corrected chi connectivity index (χ2v) is 1.29. The van der Waals surface area contributed by atoms with Crippen LogP contribution in [0, 0.1) is 13.8 Å². The molecule has 0 saturated heterocycles. The molecule has 0 aliphatic rings. The molecule has 0 N–H and O–H groups in total. The van der Waals surface area contributed by atoms with E-state index in [2.05, 4.69) is 23.6 Å². The molecular weight excluding hydrogens is 108 g/mol. The van der Waals surface area contributed by atoms with Crippen molar-refractivity contribution in [1.29, 1.82) is 0 Å². The molecule has 46 valence electrons. The van der Waals surface area contributed by atoms with Crippen molar-refractivity contribution in [2.75, 3.05) is 0 Å². The van der Waals surface area contributed by atoms with Crippen LogP contribution < -0.4 is 0 Å². The van der Waals surface area contributed by atoms with Crippen molar-refractivity contribution >= 4 is 5.97 Å². The number of carbonyl (C=O) groups is 1. The summed E-state index contributed by atoms with van der Waals surface area (Å²) in [5.41, 5.74) is 0. The maximum atomic E-state index is 9.95. The fourth-order valence-corrected chi connectivity index (χ4v) is 0.136. The maximum Gasteiger partial charge on any atom is 0.339 e. The van der Waals surface area contributed by atoms with Crippen LogP contribution in [0.1, 0.15) is 6.92 Å². The minimum Gasteiger partial charge on any atom is -0.298 e. The van der Waals surface area contributed by atoms with Crippen LogP contribution in [0.15, 0.2) is 0 Å². The summed E-state index contributed by atoms with van der Waals surface area (Å²) in [5, 5.41) is 0. The molecule has 0 saturated carbocycles. The Balaban J connectivity index is 3.05. The summed E-state index contributed by atoms with van der Waals surface area (Å²) >= 11 is 0. The zero-order valence-electron chi connectivity index (χ0n) is 4.72. The summed E-state index contributed by atoms with van der Waals surface area (Å²) in [6.45, 7) is 7.84. The van der Waals surface area contributed by atoms with Gasteiger partial charge in [-0.1, -0.05) is 0 Å². The molecule has 2 radical (unpaired) electrons. The molecule has 0 spiro atoms. The van der Waals surface area contributed by atoms with Gasteiger partial charge in [0, 0.05) is 6.92 Å². The van der Waals surface area contributed by atoms with Gasteiger partial charge in [-0.25, -0.2) is 4.79 Å². The van der Waals surface area contributed by atoms with Crippen molar-refractivity contribution in [3.05, 3.63) is 13.8 Å². The van der Waals surface area contributed by atoms with E-state index in [0.717, 1.165) is 0 Å². The summed E-state index contributed by atoms with van der Waals surface area (Å²) in [5.74, 6) is -0.498. The van der Waals surface area contributed by atoms with Crippen LogP contribution in [0.4, 0.5) is 0 Å². The molecule has 0 aromatic rings. The van der Waals surface area contributed by atoms with Gasteiger partial charge < -0.3 is 0 Å². The molecule has 8 heavy (non-hydrogen) atoms. The zero-order valence-corrected chi connectivity index (χ0v) is 4.72. The van der Waals surface area contributed by atoms with Gasteiger partial charge in [0.15, 0.2) is 0 Å². The maximum absolute atomic E-state index is 9.95. The van der Waals surface area contributed by atoms with E-state index in [1.54, 1.807) is 0 Å². The SMILES string of the molecule is [CH2]C([CH2])OOC(C)=O. The standard InChI is InChI=1S/C5H8O3/c1-4(2)7-8-5(3)6/h4H,1-2H2,3H3. The van der Waals surface area contributed by atoms with E-state index in [9.17, 15) is 4.79 Å². The molecule has 0 aromatic heterocycles. The average molecular weight is 116 g/mol. The van der Waals surface area contributed by atoms with Crippen LogP contribution in [-0.2, 0) is 14.6 Å². The molecule has 3 nitrogen and oxygen atoms in total. The third-order valence-electron chi connectivity index (χ3n) is 0.302. The quantitative estimate of drug-likeness (QED) is 0.389. The molecule has 0 atom stereocenters. The van der Waals surface area contributed by atoms with E-state index in [1.807, 2.05) is 0 Å². The Kier molecular flexibility index (Phi) is 3.19. The highest BCUT2D eigenvalue weighted by molar-refractivity contribution is 5.65. The van der Waals surface area contributed by atoms with Crippen LogP contribution in [0.5, 0.6) is 0 Å². The van der Waals surface area contributed by atoms with Gasteiger partial charge >= 0.3 is 5.97 Å². The topological polar surface area (TPSA) is 35.5 Å². The fourth-order valence-electron chi connectivity index (χ4n) is 0.136. The van der Waals surface area contributed by atoms with Crippen molar-refractivity contribution in [3.8, 4) is 0 Å². The van der Waals surface area contributed by atoms with Crippen molar-refractivity contribution in [2.24, 2.45) is 0 Å². The Hall–Kier alpha value is -0.570. The van der Waals surface area contributed by atoms with Crippen molar-refractivity contribution in [1.82, 2.24) is 0 Å². The van der Waals surface area contributed by atoms with Gasteiger partial charge in [-0.05, 0) is 13.8 Å². The first-order valence-corrected chi connectivity index (χ1v) is 2.13. The predicted octanol–water partition coefficient (Wildman–Crippen LogP) is 0.518. The van der Waals surface area contributed by atoms with Crippen LogP contribution in [0.3, 0.4) is 0 Å². The largest absolute Gasteiger partial charge is 0.339 e. The Bertz CT molecular complexity index is 77.7. The molecule has 0 aromatic carbocycles. The normalized spacial score (nSPS) is 9.50. The van der Waals surface area contributed by atoms with E-state index in [0.29, 0.717) is 0 Å². The Morgan fingerprint density at radius 2 is 2.12 bits per heavy atom. The highest BCUT2D eigenvalue weighted by Gasteiger charge is 1.95. The number of rotatable bonds is 2. The van der Waals surface area contributed by atoms with Crippen molar-refractivity contribution < 1.29 is 14.6 Å². The smallest absolute Gasteiger partial charge is 0.298 e. The minimum atomic E-state index is -0.557. The minimum absolute atomic E-state index is 0.498. The summed E-state index contributed by atoms with van der Waals surface area (Å²) in [4.78, 5) is 18.2. The lowest BCUT2D eigenvalue weighted by Gasteiger charge is -2.01. The van der Waals surface area contributed by atoms with Crippen LogP contribution in [0.25, 0.3) is 0 Å². The summed E-state index contributed by atoms with van der Waals surface area (Å²) in [6, 6.07) is 0. The molecule has 3 heteroatoms. The van der Waals surface area contributed by atoms with Crippen LogP contribution >= 0.6 is 0 Å². The molecule has 0 amide bonds. The van der Waals surface area contributed by atoms with E-state index in [-0.39, 0.29) is 0 Å².